The first-order valence-electron chi connectivity index (χ1n) is 11.8. The highest BCUT2D eigenvalue weighted by atomic mass is 32.2. The van der Waals surface area contributed by atoms with Gasteiger partial charge in [0.2, 0.25) is 0 Å². The van der Waals surface area contributed by atoms with Gasteiger partial charge < -0.3 is 15.4 Å². The van der Waals surface area contributed by atoms with E-state index in [9.17, 15) is 26.4 Å². The number of amides is 1. The van der Waals surface area contributed by atoms with Crippen molar-refractivity contribution in [2.75, 3.05) is 5.32 Å². The van der Waals surface area contributed by atoms with Crippen LogP contribution < -0.4 is 10.6 Å². The number of alkyl carbamates (subject to hydrolysis) is 1. The number of hydrogen-bond donors (Lipinski definition) is 2. The SMILES string of the molecule is CC(NC(=O)O[C@@H]1CC[C@H](c2cc(Nc3ccc4c(c3)CS(=O)(=O)C4)n(C(C)(C)C)n2)C1)C(F)(F)F. The van der Waals surface area contributed by atoms with Crippen LogP contribution in [0.5, 0.6) is 0 Å². The standard InChI is InChI=1S/C24H31F3N4O4S/c1-14(24(25,26)27)28-22(32)35-19-8-6-15(10-19)20-11-21(31(30-20)23(2,3)4)29-18-7-5-16-12-36(33,34)13-17(16)9-18/h5,7,9,11,14-15,19,29H,6,8,10,12-13H2,1-4H3,(H,28,32)/t14?,15-,19+/m0/s1. The summed E-state index contributed by atoms with van der Waals surface area (Å²) in [5, 5.41) is 10.00. The highest BCUT2D eigenvalue weighted by Crippen LogP contribution is 2.38. The molecule has 36 heavy (non-hydrogen) atoms. The van der Waals surface area contributed by atoms with Crippen LogP contribution in [0.3, 0.4) is 0 Å². The largest absolute Gasteiger partial charge is 0.446 e. The quantitative estimate of drug-likeness (QED) is 0.558. The van der Waals surface area contributed by atoms with Gasteiger partial charge >= 0.3 is 12.3 Å². The topological polar surface area (TPSA) is 102 Å². The molecule has 1 aliphatic heterocycles. The Morgan fingerprint density at radius 2 is 1.83 bits per heavy atom. The molecule has 3 atom stereocenters. The Hall–Kier alpha value is -2.76. The van der Waals surface area contributed by atoms with Gasteiger partial charge in [-0.15, -0.1) is 0 Å². The molecule has 2 aromatic rings. The first kappa shape index (κ1) is 26.3. The lowest BCUT2D eigenvalue weighted by Crippen LogP contribution is -2.44. The zero-order valence-corrected chi connectivity index (χ0v) is 21.5. The molecule has 1 aliphatic carbocycles. The maximum absolute atomic E-state index is 12.7. The van der Waals surface area contributed by atoms with Gasteiger partial charge in [-0.3, -0.25) is 0 Å². The first-order valence-corrected chi connectivity index (χ1v) is 13.7. The van der Waals surface area contributed by atoms with Crippen molar-refractivity contribution in [2.45, 2.75) is 88.2 Å². The number of alkyl halides is 3. The number of nitrogens with one attached hydrogen (secondary N) is 2. The Balaban J connectivity index is 1.46. The second kappa shape index (κ2) is 9.28. The summed E-state index contributed by atoms with van der Waals surface area (Å²) in [6.45, 7) is 6.90. The molecular weight excluding hydrogens is 497 g/mol. The second-order valence-electron chi connectivity index (χ2n) is 10.6. The lowest BCUT2D eigenvalue weighted by Gasteiger charge is -2.23. The smallest absolute Gasteiger partial charge is 0.408 e. The summed E-state index contributed by atoms with van der Waals surface area (Å²) in [6.07, 6.45) is -4.43. The van der Waals surface area contributed by atoms with E-state index in [1.807, 2.05) is 55.0 Å². The van der Waals surface area contributed by atoms with E-state index in [1.165, 1.54) is 0 Å². The van der Waals surface area contributed by atoms with Gasteiger partial charge in [-0.05, 0) is 70.2 Å². The highest BCUT2D eigenvalue weighted by Gasteiger charge is 2.38. The van der Waals surface area contributed by atoms with Crippen molar-refractivity contribution < 1.29 is 31.1 Å². The van der Waals surface area contributed by atoms with E-state index in [1.54, 1.807) is 0 Å². The van der Waals surface area contributed by atoms with Crippen molar-refractivity contribution in [3.8, 4) is 0 Å². The number of fused-ring (bicyclic) bond motifs is 1. The van der Waals surface area contributed by atoms with E-state index in [0.717, 1.165) is 35.2 Å². The van der Waals surface area contributed by atoms with Gasteiger partial charge in [-0.25, -0.2) is 17.9 Å². The number of carbonyl (C=O) groups is 1. The third-order valence-electron chi connectivity index (χ3n) is 6.50. The van der Waals surface area contributed by atoms with Gasteiger partial charge in [-0.2, -0.15) is 18.3 Å². The van der Waals surface area contributed by atoms with Crippen LogP contribution in [0.2, 0.25) is 0 Å². The third-order valence-corrected chi connectivity index (χ3v) is 8.00. The van der Waals surface area contributed by atoms with Crippen molar-refractivity contribution in [3.63, 3.8) is 0 Å². The van der Waals surface area contributed by atoms with Gasteiger partial charge in [-0.1, -0.05) is 6.07 Å². The molecule has 1 unspecified atom stereocenters. The van der Waals surface area contributed by atoms with Crippen LogP contribution in [0, 0.1) is 0 Å². The van der Waals surface area contributed by atoms with Gasteiger partial charge in [0.05, 0.1) is 22.7 Å². The lowest BCUT2D eigenvalue weighted by molar-refractivity contribution is -0.150. The monoisotopic (exact) mass is 528 g/mol. The molecule has 0 spiro atoms. The number of nitrogens with zero attached hydrogens (tertiary/aromatic N) is 2. The number of ether oxygens (including phenoxy) is 1. The van der Waals surface area contributed by atoms with E-state index in [2.05, 4.69) is 5.32 Å². The van der Waals surface area contributed by atoms with Crippen LogP contribution in [0.25, 0.3) is 0 Å². The molecule has 0 saturated heterocycles. The molecule has 1 aromatic heterocycles. The number of aromatic nitrogens is 2. The summed E-state index contributed by atoms with van der Waals surface area (Å²) in [6, 6.07) is 5.45. The Labute approximate surface area is 208 Å². The Kier molecular flexibility index (Phi) is 6.78. The summed E-state index contributed by atoms with van der Waals surface area (Å²) >= 11 is 0. The van der Waals surface area contributed by atoms with E-state index in [0.29, 0.717) is 19.3 Å². The number of rotatable bonds is 5. The average molecular weight is 529 g/mol. The number of halogens is 3. The predicted molar refractivity (Wildman–Crippen MR) is 129 cm³/mol. The third kappa shape index (κ3) is 5.96. The van der Waals surface area contributed by atoms with Crippen LogP contribution in [0.15, 0.2) is 24.3 Å². The average Bonchev–Trinajstić information content (AvgIpc) is 3.42. The molecule has 8 nitrogen and oxygen atoms in total. The molecule has 0 bridgehead atoms. The summed E-state index contributed by atoms with van der Waals surface area (Å²) in [5.74, 6) is 0.808. The number of carbonyl (C=O) groups excluding carboxylic acids is 1. The Morgan fingerprint density at radius 1 is 1.14 bits per heavy atom. The minimum atomic E-state index is -4.53. The molecule has 1 fully saturated rings. The molecule has 1 saturated carbocycles. The van der Waals surface area contributed by atoms with Gasteiger partial charge in [0.1, 0.15) is 18.0 Å². The second-order valence-corrected chi connectivity index (χ2v) is 12.7. The van der Waals surface area contributed by atoms with E-state index in [4.69, 9.17) is 9.84 Å². The molecular formula is C24H31F3N4O4S. The molecule has 198 valence electrons. The molecule has 2 N–H and O–H groups in total. The van der Waals surface area contributed by atoms with E-state index < -0.39 is 34.3 Å². The number of benzene rings is 1. The normalized spacial score (nSPS) is 22.2. The Bertz CT molecular complexity index is 1250. The fraction of sp³-hybridized carbons (Fsp3) is 0.583. The maximum Gasteiger partial charge on any atom is 0.408 e. The van der Waals surface area contributed by atoms with E-state index in [-0.39, 0.29) is 23.0 Å². The van der Waals surface area contributed by atoms with E-state index >= 15 is 0 Å². The summed E-state index contributed by atoms with van der Waals surface area (Å²) in [7, 11) is -3.10. The van der Waals surface area contributed by atoms with Crippen LogP contribution in [-0.4, -0.2) is 42.6 Å². The highest BCUT2D eigenvalue weighted by molar-refractivity contribution is 7.90. The number of anilines is 2. The molecule has 0 radical (unpaired) electrons. The fourth-order valence-corrected chi connectivity index (χ4v) is 6.21. The minimum Gasteiger partial charge on any atom is -0.446 e. The van der Waals surface area contributed by atoms with Crippen molar-refractivity contribution in [2.24, 2.45) is 0 Å². The van der Waals surface area contributed by atoms with Crippen LogP contribution >= 0.6 is 0 Å². The minimum absolute atomic E-state index is 0.0165. The van der Waals surface area contributed by atoms with Gasteiger partial charge in [0.25, 0.3) is 0 Å². The maximum atomic E-state index is 12.7. The summed E-state index contributed by atoms with van der Waals surface area (Å²) < 4.78 is 69.1. The van der Waals surface area contributed by atoms with Gasteiger partial charge in [0.15, 0.2) is 9.84 Å². The summed E-state index contributed by atoms with van der Waals surface area (Å²) in [5.41, 5.74) is 2.80. The number of sulfone groups is 1. The lowest BCUT2D eigenvalue weighted by atomic mass is 10.0. The predicted octanol–water partition coefficient (Wildman–Crippen LogP) is 5.12. The fourth-order valence-electron chi connectivity index (χ4n) is 4.61. The number of hydrogen-bond acceptors (Lipinski definition) is 6. The molecule has 12 heteroatoms. The van der Waals surface area contributed by atoms with Crippen LogP contribution in [0.4, 0.5) is 29.5 Å². The molecule has 1 amide bonds. The molecule has 2 aliphatic rings. The van der Waals surface area contributed by atoms with Crippen LogP contribution in [0.1, 0.15) is 69.7 Å². The van der Waals surface area contributed by atoms with Crippen molar-refractivity contribution in [3.05, 3.63) is 41.1 Å². The summed E-state index contributed by atoms with van der Waals surface area (Å²) in [4.78, 5) is 11.9. The van der Waals surface area contributed by atoms with Crippen molar-refractivity contribution in [1.29, 1.82) is 0 Å². The molecule has 2 heterocycles. The van der Waals surface area contributed by atoms with Crippen molar-refractivity contribution in [1.82, 2.24) is 15.1 Å². The Morgan fingerprint density at radius 3 is 2.50 bits per heavy atom. The zero-order chi connectivity index (χ0) is 26.5. The van der Waals surface area contributed by atoms with Crippen molar-refractivity contribution >= 4 is 27.4 Å². The van der Waals surface area contributed by atoms with Gasteiger partial charge in [0, 0.05) is 17.7 Å². The molecule has 1 aromatic carbocycles. The first-order chi connectivity index (χ1) is 16.6. The zero-order valence-electron chi connectivity index (χ0n) is 20.6. The molecule has 4 rings (SSSR count). The van der Waals surface area contributed by atoms with Crippen LogP contribution in [-0.2, 0) is 31.6 Å².